The molecule has 0 spiro atoms. The van der Waals surface area contributed by atoms with Crippen molar-refractivity contribution in [3.05, 3.63) is 35.4 Å². The highest BCUT2D eigenvalue weighted by Crippen LogP contribution is 2.22. The van der Waals surface area contributed by atoms with Gasteiger partial charge in [-0.25, -0.2) is 0 Å². The molecular weight excluding hydrogens is 236 g/mol. The monoisotopic (exact) mass is 263 g/mol. The minimum Gasteiger partial charge on any atom is -0.365 e. The van der Waals surface area contributed by atoms with Gasteiger partial charge in [0.25, 0.3) is 5.91 Å². The van der Waals surface area contributed by atoms with Crippen molar-refractivity contribution in [1.82, 2.24) is 0 Å². The lowest BCUT2D eigenvalue weighted by molar-refractivity contribution is -0.692. The number of amides is 1. The Hall–Kier alpha value is -1.35. The van der Waals surface area contributed by atoms with E-state index in [9.17, 15) is 4.79 Å². The lowest BCUT2D eigenvalue weighted by Gasteiger charge is -2.20. The van der Waals surface area contributed by atoms with E-state index in [-0.39, 0.29) is 5.91 Å². The molecule has 106 valence electrons. The summed E-state index contributed by atoms with van der Waals surface area (Å²) in [4.78, 5) is 10.9. The number of hydrogen-bond acceptors (Lipinski definition) is 1. The summed E-state index contributed by atoms with van der Waals surface area (Å²) in [5, 5.41) is 2.03. The molecule has 0 aliphatic carbocycles. The Kier molecular flexibility index (Phi) is 6.03. The molecule has 3 heteroatoms. The number of primary amides is 1. The molecule has 0 unspecified atom stereocenters. The Balaban J connectivity index is 2.82. The second kappa shape index (κ2) is 7.29. The minimum atomic E-state index is -0.262. The number of nitrogens with two attached hydrogens (primary N) is 2. The summed E-state index contributed by atoms with van der Waals surface area (Å²) in [5.41, 5.74) is 7.88. The summed E-state index contributed by atoms with van der Waals surface area (Å²) in [7, 11) is 0. The highest BCUT2D eigenvalue weighted by Gasteiger charge is 2.19. The molecule has 0 radical (unpaired) electrons. The summed E-state index contributed by atoms with van der Waals surface area (Å²) in [6.45, 7) is 9.13. The van der Waals surface area contributed by atoms with Crippen LogP contribution in [-0.2, 0) is 4.79 Å². The van der Waals surface area contributed by atoms with Gasteiger partial charge in [0, 0.05) is 11.5 Å². The van der Waals surface area contributed by atoms with Crippen molar-refractivity contribution in [3.8, 4) is 0 Å². The fourth-order valence-electron chi connectivity index (χ4n) is 2.32. The highest BCUT2D eigenvalue weighted by molar-refractivity contribution is 5.74. The molecule has 0 saturated heterocycles. The molecular formula is C16H27N2O+. The van der Waals surface area contributed by atoms with Crippen LogP contribution in [0.15, 0.2) is 24.3 Å². The Morgan fingerprint density at radius 3 is 2.11 bits per heavy atom. The highest BCUT2D eigenvalue weighted by atomic mass is 16.1. The van der Waals surface area contributed by atoms with Gasteiger partial charge in [0.05, 0.1) is 0 Å². The van der Waals surface area contributed by atoms with Gasteiger partial charge in [-0.05, 0) is 17.9 Å². The zero-order valence-corrected chi connectivity index (χ0v) is 12.5. The van der Waals surface area contributed by atoms with Gasteiger partial charge in [-0.3, -0.25) is 4.79 Å². The summed E-state index contributed by atoms with van der Waals surface area (Å²) < 4.78 is 0. The van der Waals surface area contributed by atoms with Gasteiger partial charge in [-0.2, -0.15) is 0 Å². The molecule has 1 rings (SSSR count). The third-order valence-electron chi connectivity index (χ3n) is 3.79. The molecule has 4 N–H and O–H groups in total. The maximum atomic E-state index is 10.9. The Morgan fingerprint density at radius 1 is 1.16 bits per heavy atom. The van der Waals surface area contributed by atoms with Gasteiger partial charge in [0.15, 0.2) is 6.54 Å². The van der Waals surface area contributed by atoms with Crippen LogP contribution in [0.2, 0.25) is 0 Å². The number of quaternary nitrogens is 1. The SMILES string of the molecule is CC[C@@H](C)c1ccc([C@H]([NH2+]CC(N)=O)C(C)C)cc1. The zero-order valence-electron chi connectivity index (χ0n) is 12.5. The minimum absolute atomic E-state index is 0.262. The van der Waals surface area contributed by atoms with Crippen LogP contribution in [-0.4, -0.2) is 12.5 Å². The largest absolute Gasteiger partial charge is 0.365 e. The van der Waals surface area contributed by atoms with Crippen LogP contribution in [0.5, 0.6) is 0 Å². The predicted octanol–water partition coefficient (Wildman–Crippen LogP) is 1.95. The predicted molar refractivity (Wildman–Crippen MR) is 78.7 cm³/mol. The fourth-order valence-corrected chi connectivity index (χ4v) is 2.32. The summed E-state index contributed by atoms with van der Waals surface area (Å²) in [5.74, 6) is 0.803. The maximum Gasteiger partial charge on any atom is 0.272 e. The molecule has 1 aromatic carbocycles. The van der Waals surface area contributed by atoms with Crippen LogP contribution in [0.25, 0.3) is 0 Å². The van der Waals surface area contributed by atoms with Crippen molar-refractivity contribution >= 4 is 5.91 Å². The van der Waals surface area contributed by atoms with E-state index in [1.807, 2.05) is 5.32 Å². The van der Waals surface area contributed by atoms with E-state index >= 15 is 0 Å². The average molecular weight is 263 g/mol. The van der Waals surface area contributed by atoms with E-state index in [1.54, 1.807) is 0 Å². The standard InChI is InChI=1S/C16H26N2O/c1-5-12(4)13-6-8-14(9-7-13)16(11(2)3)18-10-15(17)19/h6-9,11-12,16,18H,5,10H2,1-4H3,(H2,17,19)/p+1/t12-,16-/m1/s1. The van der Waals surface area contributed by atoms with Crippen molar-refractivity contribution in [2.45, 2.75) is 46.1 Å². The molecule has 1 aromatic rings. The van der Waals surface area contributed by atoms with Gasteiger partial charge >= 0.3 is 0 Å². The lowest BCUT2D eigenvalue weighted by Crippen LogP contribution is -2.88. The van der Waals surface area contributed by atoms with Crippen LogP contribution in [0.4, 0.5) is 0 Å². The number of carbonyl (C=O) groups is 1. The van der Waals surface area contributed by atoms with Gasteiger partial charge in [-0.15, -0.1) is 0 Å². The molecule has 2 atom stereocenters. The van der Waals surface area contributed by atoms with Gasteiger partial charge in [0.1, 0.15) is 6.04 Å². The van der Waals surface area contributed by atoms with E-state index in [0.29, 0.717) is 24.4 Å². The molecule has 3 nitrogen and oxygen atoms in total. The molecule has 0 bridgehead atoms. The second-order valence-electron chi connectivity index (χ2n) is 5.65. The van der Waals surface area contributed by atoms with Crippen molar-refractivity contribution in [2.75, 3.05) is 6.54 Å². The van der Waals surface area contributed by atoms with Crippen LogP contribution < -0.4 is 11.1 Å². The summed E-state index contributed by atoms with van der Waals surface area (Å²) >= 11 is 0. The number of hydrogen-bond donors (Lipinski definition) is 2. The summed E-state index contributed by atoms with van der Waals surface area (Å²) in [6.07, 6.45) is 1.15. The number of carbonyl (C=O) groups excluding carboxylic acids is 1. The van der Waals surface area contributed by atoms with Crippen LogP contribution in [0.3, 0.4) is 0 Å². The smallest absolute Gasteiger partial charge is 0.272 e. The molecule has 0 aliphatic rings. The third kappa shape index (κ3) is 4.67. The number of benzene rings is 1. The molecule has 0 fully saturated rings. The van der Waals surface area contributed by atoms with Crippen molar-refractivity contribution in [2.24, 2.45) is 11.7 Å². The summed E-state index contributed by atoms with van der Waals surface area (Å²) in [6, 6.07) is 9.07. The molecule has 19 heavy (non-hydrogen) atoms. The van der Waals surface area contributed by atoms with E-state index < -0.39 is 0 Å². The van der Waals surface area contributed by atoms with E-state index in [4.69, 9.17) is 5.73 Å². The Bertz CT molecular complexity index is 398. The van der Waals surface area contributed by atoms with E-state index in [0.717, 1.165) is 6.42 Å². The van der Waals surface area contributed by atoms with Crippen molar-refractivity contribution < 1.29 is 10.1 Å². The molecule has 0 heterocycles. The molecule has 0 aromatic heterocycles. The van der Waals surface area contributed by atoms with Crippen LogP contribution in [0, 0.1) is 5.92 Å². The van der Waals surface area contributed by atoms with Crippen molar-refractivity contribution in [3.63, 3.8) is 0 Å². The first-order valence-electron chi connectivity index (χ1n) is 7.17. The van der Waals surface area contributed by atoms with E-state index in [1.165, 1.54) is 11.1 Å². The normalized spacial score (nSPS) is 14.4. The van der Waals surface area contributed by atoms with Gasteiger partial charge in [-0.1, -0.05) is 52.0 Å². The molecule has 1 amide bonds. The molecule has 0 aliphatic heterocycles. The van der Waals surface area contributed by atoms with Crippen molar-refractivity contribution in [1.29, 1.82) is 0 Å². The Labute approximate surface area is 116 Å². The third-order valence-corrected chi connectivity index (χ3v) is 3.79. The molecule has 0 saturated carbocycles. The Morgan fingerprint density at radius 2 is 1.68 bits per heavy atom. The first-order valence-corrected chi connectivity index (χ1v) is 7.17. The van der Waals surface area contributed by atoms with Crippen LogP contribution in [0.1, 0.15) is 57.2 Å². The first kappa shape index (κ1) is 15.7. The lowest BCUT2D eigenvalue weighted by atomic mass is 9.92. The first-order chi connectivity index (χ1) is 8.95. The quantitative estimate of drug-likeness (QED) is 0.776. The van der Waals surface area contributed by atoms with Gasteiger partial charge in [0.2, 0.25) is 0 Å². The second-order valence-corrected chi connectivity index (χ2v) is 5.65. The zero-order chi connectivity index (χ0) is 14.4. The van der Waals surface area contributed by atoms with E-state index in [2.05, 4.69) is 52.0 Å². The topological polar surface area (TPSA) is 59.7 Å². The van der Waals surface area contributed by atoms with Gasteiger partial charge < -0.3 is 11.1 Å². The number of rotatable bonds is 7. The average Bonchev–Trinajstić information content (AvgIpc) is 2.38. The maximum absolute atomic E-state index is 10.9. The fraction of sp³-hybridized carbons (Fsp3) is 0.562. The van der Waals surface area contributed by atoms with Crippen LogP contribution >= 0.6 is 0 Å².